The molecule has 8 heteroatoms. The molecule has 0 radical (unpaired) electrons. The quantitative estimate of drug-likeness (QED) is 0.397. The minimum absolute atomic E-state index is 0.907. The van der Waals surface area contributed by atoms with Crippen LogP contribution in [0.4, 0.5) is 13.2 Å². The number of rotatable bonds is 10. The number of hydrogen-bond donors (Lipinski definition) is 0. The lowest BCUT2D eigenvalue weighted by atomic mass is 10.0. The third kappa shape index (κ3) is 8.57. The summed E-state index contributed by atoms with van der Waals surface area (Å²) in [5.74, 6) is -2.04. The molecule has 0 aliphatic carbocycles. The number of nitrogens with zero attached hydrogens (tertiary/aromatic N) is 2. The van der Waals surface area contributed by atoms with E-state index in [0.29, 0.717) is 0 Å². The molecule has 0 saturated heterocycles. The summed E-state index contributed by atoms with van der Waals surface area (Å²) >= 11 is 0. The number of aryl methyl sites for hydroxylation is 2. The summed E-state index contributed by atoms with van der Waals surface area (Å²) in [7, 11) is 1.74. The number of alkyl halides is 3. The van der Waals surface area contributed by atoms with Gasteiger partial charge in [0, 0.05) is 18.7 Å². The highest BCUT2D eigenvalue weighted by Gasteiger charge is 2.28. The zero-order valence-corrected chi connectivity index (χ0v) is 19.5. The van der Waals surface area contributed by atoms with Gasteiger partial charge in [-0.25, -0.2) is 4.98 Å². The van der Waals surface area contributed by atoms with E-state index in [1.54, 1.807) is 7.11 Å². The van der Waals surface area contributed by atoms with Crippen LogP contribution in [0.5, 0.6) is 5.75 Å². The van der Waals surface area contributed by atoms with Gasteiger partial charge in [-0.1, -0.05) is 68.3 Å². The van der Waals surface area contributed by atoms with Crippen LogP contribution >= 0.6 is 0 Å². The fraction of sp³-hybridized carbons (Fsp3) is 0.385. The predicted octanol–water partition coefficient (Wildman–Crippen LogP) is 4.76. The Labute approximate surface area is 198 Å². The number of aliphatic carboxylic acids is 1. The van der Waals surface area contributed by atoms with Crippen molar-refractivity contribution in [2.24, 2.45) is 0 Å². The number of benzene rings is 2. The van der Waals surface area contributed by atoms with Crippen LogP contribution in [0.25, 0.3) is 0 Å². The molecule has 3 rings (SSSR count). The van der Waals surface area contributed by atoms with E-state index in [4.69, 9.17) is 19.6 Å². The van der Waals surface area contributed by atoms with Crippen LogP contribution in [-0.4, -0.2) is 28.8 Å². The number of aromatic nitrogens is 2. The average molecular weight is 476 g/mol. The molecule has 0 unspecified atom stereocenters. The minimum Gasteiger partial charge on any atom is -0.542 e. The Hall–Kier alpha value is -3.29. The van der Waals surface area contributed by atoms with Crippen molar-refractivity contribution in [1.82, 2.24) is 9.55 Å². The van der Waals surface area contributed by atoms with E-state index in [-0.39, 0.29) is 0 Å². The largest absolute Gasteiger partial charge is 0.542 e. The van der Waals surface area contributed by atoms with Gasteiger partial charge in [0.1, 0.15) is 11.7 Å². The molecule has 2 aromatic carbocycles. The zero-order valence-electron chi connectivity index (χ0n) is 19.5. The topological polar surface area (TPSA) is 67.2 Å². The number of carboxylic acid groups (broad SMARTS) is 1. The van der Waals surface area contributed by atoms with Gasteiger partial charge in [0.25, 0.3) is 0 Å². The summed E-state index contributed by atoms with van der Waals surface area (Å²) in [6, 6.07) is 18.9. The van der Waals surface area contributed by atoms with Gasteiger partial charge < -0.3 is 19.2 Å². The van der Waals surface area contributed by atoms with E-state index in [1.165, 1.54) is 41.8 Å². The van der Waals surface area contributed by atoms with Crippen molar-refractivity contribution in [1.29, 1.82) is 0 Å². The molecule has 0 N–H and O–H groups in total. The molecule has 1 aromatic heterocycles. The molecule has 0 atom stereocenters. The number of para-hydroxylation sites is 1. The maximum atomic E-state index is 10.5. The van der Waals surface area contributed by atoms with Gasteiger partial charge in [-0.05, 0) is 36.5 Å². The summed E-state index contributed by atoms with van der Waals surface area (Å²) < 4.78 is 39.4. The van der Waals surface area contributed by atoms with E-state index in [2.05, 4.69) is 54.0 Å². The van der Waals surface area contributed by atoms with Gasteiger partial charge in [0.05, 0.1) is 19.1 Å². The lowest BCUT2D eigenvalue weighted by Gasteiger charge is -2.12. The number of halogens is 3. The van der Waals surface area contributed by atoms with E-state index in [9.17, 15) is 13.2 Å². The van der Waals surface area contributed by atoms with Crippen LogP contribution in [0.1, 0.15) is 48.7 Å². The molecule has 184 valence electrons. The normalized spacial score (nSPS) is 11.0. The highest BCUT2D eigenvalue weighted by molar-refractivity contribution is 5.70. The lowest BCUT2D eigenvalue weighted by molar-refractivity contribution is -0.344. The molecular formula is C26H30F3N2O3-. The van der Waals surface area contributed by atoms with Crippen molar-refractivity contribution < 1.29 is 27.8 Å². The van der Waals surface area contributed by atoms with Crippen LogP contribution in [0.3, 0.4) is 0 Å². The van der Waals surface area contributed by atoms with Gasteiger partial charge >= 0.3 is 6.18 Å². The molecule has 5 nitrogen and oxygen atoms in total. The summed E-state index contributed by atoms with van der Waals surface area (Å²) in [6.07, 6.45) is 3.51. The molecule has 0 spiro atoms. The number of carbonyl (C=O) groups is 1. The van der Waals surface area contributed by atoms with Crippen molar-refractivity contribution in [3.05, 3.63) is 83.4 Å². The standard InChI is InChI=1S/C24H30N2O.C2HF3O2/c1-3-4-6-14-23-22(18-20-11-7-5-8-12-20)25-19-26(23)17-16-21-13-9-10-15-24(21)27-2;3-2(4,5)1(6)7/h5,7-13,15,19H,3-4,6,14,16-18H2,1-2H3;(H,6,7)/p-1. The SMILES string of the molecule is CCCCCc1c(Cc2ccccc2)ncn1CCc1ccccc1OC.O=C([O-])C(F)(F)F. The lowest BCUT2D eigenvalue weighted by Crippen LogP contribution is -2.37. The molecule has 0 fully saturated rings. The van der Waals surface area contributed by atoms with Crippen molar-refractivity contribution >= 4 is 5.97 Å². The van der Waals surface area contributed by atoms with Crippen LogP contribution < -0.4 is 9.84 Å². The van der Waals surface area contributed by atoms with Crippen molar-refractivity contribution in [3.63, 3.8) is 0 Å². The first kappa shape index (κ1) is 27.0. The second kappa shape index (κ2) is 13.4. The molecular weight excluding hydrogens is 445 g/mol. The maximum Gasteiger partial charge on any atom is 0.430 e. The molecule has 34 heavy (non-hydrogen) atoms. The number of imidazole rings is 1. The van der Waals surface area contributed by atoms with Crippen LogP contribution in [0, 0.1) is 0 Å². The number of methoxy groups -OCH3 is 1. The summed E-state index contributed by atoms with van der Waals surface area (Å²) in [5, 5.41) is 8.78. The first-order chi connectivity index (χ1) is 16.3. The summed E-state index contributed by atoms with van der Waals surface area (Å²) in [6.45, 7) is 3.19. The van der Waals surface area contributed by atoms with Gasteiger partial charge in [-0.15, -0.1) is 0 Å². The Bertz CT molecular complexity index is 1020. The Balaban J connectivity index is 0.000000509. The number of carbonyl (C=O) groups excluding carboxylic acids is 1. The third-order valence-electron chi connectivity index (χ3n) is 5.31. The smallest absolute Gasteiger partial charge is 0.430 e. The summed E-state index contributed by atoms with van der Waals surface area (Å²) in [5.41, 5.74) is 5.18. The Morgan fingerprint density at radius 3 is 2.29 bits per heavy atom. The first-order valence-corrected chi connectivity index (χ1v) is 11.2. The van der Waals surface area contributed by atoms with Gasteiger partial charge in [-0.3, -0.25) is 0 Å². The van der Waals surface area contributed by atoms with E-state index >= 15 is 0 Å². The van der Waals surface area contributed by atoms with Gasteiger partial charge in [0.2, 0.25) is 0 Å². The van der Waals surface area contributed by atoms with Crippen molar-refractivity contribution in [2.75, 3.05) is 7.11 Å². The van der Waals surface area contributed by atoms with Gasteiger partial charge in [0.15, 0.2) is 0 Å². The Morgan fingerprint density at radius 1 is 1.03 bits per heavy atom. The number of hydrogen-bond acceptors (Lipinski definition) is 4. The summed E-state index contributed by atoms with van der Waals surface area (Å²) in [4.78, 5) is 13.6. The third-order valence-corrected chi connectivity index (χ3v) is 5.31. The molecule has 0 amide bonds. The highest BCUT2D eigenvalue weighted by Crippen LogP contribution is 2.21. The van der Waals surface area contributed by atoms with Crippen molar-refractivity contribution in [3.8, 4) is 5.75 Å². The fourth-order valence-electron chi connectivity index (χ4n) is 3.56. The first-order valence-electron chi connectivity index (χ1n) is 11.2. The highest BCUT2D eigenvalue weighted by atomic mass is 19.4. The maximum absolute atomic E-state index is 10.5. The number of ether oxygens (including phenoxy) is 1. The van der Waals surface area contributed by atoms with Crippen LogP contribution in [0.2, 0.25) is 0 Å². The van der Waals surface area contributed by atoms with Crippen LogP contribution in [-0.2, 0) is 30.6 Å². The monoisotopic (exact) mass is 475 g/mol. The number of unbranched alkanes of at least 4 members (excludes halogenated alkanes) is 2. The second-order valence-electron chi connectivity index (χ2n) is 7.80. The van der Waals surface area contributed by atoms with E-state index in [1.807, 2.05) is 18.5 Å². The molecule has 0 aliphatic rings. The molecule has 3 aromatic rings. The zero-order chi connectivity index (χ0) is 25.0. The van der Waals surface area contributed by atoms with E-state index in [0.717, 1.165) is 31.6 Å². The molecule has 0 aliphatic heterocycles. The Kier molecular flexibility index (Phi) is 10.6. The Morgan fingerprint density at radius 2 is 1.68 bits per heavy atom. The average Bonchev–Trinajstić information content (AvgIpc) is 3.19. The minimum atomic E-state index is -5.19. The van der Waals surface area contributed by atoms with E-state index < -0.39 is 12.1 Å². The van der Waals surface area contributed by atoms with Crippen LogP contribution in [0.15, 0.2) is 60.9 Å². The predicted molar refractivity (Wildman–Crippen MR) is 122 cm³/mol. The second-order valence-corrected chi connectivity index (χ2v) is 7.80. The molecule has 0 saturated carbocycles. The van der Waals surface area contributed by atoms with Gasteiger partial charge in [-0.2, -0.15) is 13.2 Å². The molecule has 0 bridgehead atoms. The number of carboxylic acids is 1. The van der Waals surface area contributed by atoms with Crippen molar-refractivity contribution in [2.45, 2.75) is 58.2 Å². The molecule has 1 heterocycles. The fourth-order valence-corrected chi connectivity index (χ4v) is 3.56.